The lowest BCUT2D eigenvalue weighted by molar-refractivity contribution is 0.0697. The largest absolute Gasteiger partial charge is 0.478 e. The second kappa shape index (κ2) is 5.05. The minimum atomic E-state index is -0.937. The third-order valence-corrected chi connectivity index (χ3v) is 4.16. The number of aromatic carboxylic acids is 1. The predicted octanol–water partition coefficient (Wildman–Crippen LogP) is 3.19. The maximum atomic E-state index is 11.0. The topological polar surface area (TPSA) is 68.0 Å². The highest BCUT2D eigenvalue weighted by atomic mass is 32.1. The van der Waals surface area contributed by atoms with Crippen molar-refractivity contribution in [1.82, 2.24) is 14.5 Å². The van der Waals surface area contributed by atoms with Crippen molar-refractivity contribution in [3.8, 4) is 0 Å². The number of nitrogens with zero attached hydrogens (tertiary/aromatic N) is 3. The van der Waals surface area contributed by atoms with Crippen LogP contribution >= 0.6 is 11.3 Å². The molecule has 20 heavy (non-hydrogen) atoms. The Labute approximate surface area is 119 Å². The summed E-state index contributed by atoms with van der Waals surface area (Å²) in [5.41, 5.74) is 1.88. The van der Waals surface area contributed by atoms with Crippen molar-refractivity contribution in [2.24, 2.45) is 0 Å². The molecular formula is C14H13N3O2S. The van der Waals surface area contributed by atoms with Crippen LogP contribution in [0.2, 0.25) is 0 Å². The van der Waals surface area contributed by atoms with Gasteiger partial charge in [0.2, 0.25) is 0 Å². The molecular weight excluding hydrogens is 274 g/mol. The van der Waals surface area contributed by atoms with Crippen LogP contribution < -0.4 is 0 Å². The van der Waals surface area contributed by atoms with E-state index in [-0.39, 0.29) is 11.6 Å². The summed E-state index contributed by atoms with van der Waals surface area (Å²) < 4.78 is 2.06. The Morgan fingerprint density at radius 3 is 2.95 bits per heavy atom. The molecule has 5 nitrogen and oxygen atoms in total. The molecule has 1 N–H and O–H groups in total. The SMILES string of the molecule is CCC(c1nccs1)n1cnc2cc(C(=O)O)ccc21. The van der Waals surface area contributed by atoms with Gasteiger partial charge in [0.15, 0.2) is 0 Å². The zero-order valence-corrected chi connectivity index (χ0v) is 11.7. The minimum absolute atomic E-state index is 0.135. The Morgan fingerprint density at radius 2 is 2.30 bits per heavy atom. The van der Waals surface area contributed by atoms with Gasteiger partial charge in [0.1, 0.15) is 5.01 Å². The van der Waals surface area contributed by atoms with Gasteiger partial charge in [-0.1, -0.05) is 6.92 Å². The van der Waals surface area contributed by atoms with Gasteiger partial charge < -0.3 is 9.67 Å². The lowest BCUT2D eigenvalue weighted by atomic mass is 10.2. The van der Waals surface area contributed by atoms with Crippen molar-refractivity contribution in [2.45, 2.75) is 19.4 Å². The van der Waals surface area contributed by atoms with Gasteiger partial charge in [-0.05, 0) is 24.6 Å². The van der Waals surface area contributed by atoms with Gasteiger partial charge in [-0.2, -0.15) is 0 Å². The van der Waals surface area contributed by atoms with Crippen molar-refractivity contribution in [1.29, 1.82) is 0 Å². The Hall–Kier alpha value is -2.21. The van der Waals surface area contributed by atoms with Crippen molar-refractivity contribution < 1.29 is 9.90 Å². The molecule has 0 amide bonds. The molecule has 3 aromatic rings. The van der Waals surface area contributed by atoms with Crippen LogP contribution in [0.5, 0.6) is 0 Å². The molecule has 0 saturated carbocycles. The number of hydrogen-bond acceptors (Lipinski definition) is 4. The van der Waals surface area contributed by atoms with Crippen LogP contribution in [0.15, 0.2) is 36.1 Å². The first-order valence-corrected chi connectivity index (χ1v) is 7.18. The van der Waals surface area contributed by atoms with Crippen molar-refractivity contribution in [3.05, 3.63) is 46.7 Å². The third kappa shape index (κ3) is 2.08. The predicted molar refractivity (Wildman–Crippen MR) is 77.2 cm³/mol. The number of rotatable bonds is 4. The van der Waals surface area contributed by atoms with Crippen LogP contribution in [0.25, 0.3) is 11.0 Å². The summed E-state index contributed by atoms with van der Waals surface area (Å²) in [4.78, 5) is 19.7. The van der Waals surface area contributed by atoms with E-state index in [0.717, 1.165) is 16.9 Å². The first-order valence-electron chi connectivity index (χ1n) is 6.30. The summed E-state index contributed by atoms with van der Waals surface area (Å²) in [7, 11) is 0. The van der Waals surface area contributed by atoms with Crippen LogP contribution in [-0.4, -0.2) is 25.6 Å². The molecule has 3 rings (SSSR count). The van der Waals surface area contributed by atoms with Gasteiger partial charge >= 0.3 is 5.97 Å². The van der Waals surface area contributed by atoms with Crippen LogP contribution in [0, 0.1) is 0 Å². The Kier molecular flexibility index (Phi) is 3.23. The summed E-state index contributed by atoms with van der Waals surface area (Å²) in [5.74, 6) is -0.937. The van der Waals surface area contributed by atoms with Gasteiger partial charge in [0.05, 0.1) is 29.0 Å². The molecule has 1 atom stereocenters. The van der Waals surface area contributed by atoms with Crippen LogP contribution in [0.1, 0.15) is 34.8 Å². The van der Waals surface area contributed by atoms with E-state index in [4.69, 9.17) is 5.11 Å². The molecule has 1 aromatic carbocycles. The normalized spacial score (nSPS) is 12.7. The molecule has 2 aromatic heterocycles. The van der Waals surface area contributed by atoms with Gasteiger partial charge in [-0.25, -0.2) is 14.8 Å². The smallest absolute Gasteiger partial charge is 0.335 e. The highest BCUT2D eigenvalue weighted by Crippen LogP contribution is 2.27. The number of imidazole rings is 1. The maximum absolute atomic E-state index is 11.0. The lowest BCUT2D eigenvalue weighted by Crippen LogP contribution is -2.08. The molecule has 0 saturated heterocycles. The number of carboxylic acids is 1. The molecule has 102 valence electrons. The fraction of sp³-hybridized carbons (Fsp3) is 0.214. The van der Waals surface area contributed by atoms with E-state index < -0.39 is 5.97 Å². The number of carbonyl (C=O) groups is 1. The fourth-order valence-electron chi connectivity index (χ4n) is 2.30. The summed E-state index contributed by atoms with van der Waals surface area (Å²) in [6.07, 6.45) is 4.45. The lowest BCUT2D eigenvalue weighted by Gasteiger charge is -2.15. The van der Waals surface area contributed by atoms with Crippen molar-refractivity contribution in [3.63, 3.8) is 0 Å². The second-order valence-corrected chi connectivity index (χ2v) is 5.38. The van der Waals surface area contributed by atoms with Gasteiger partial charge in [-0.15, -0.1) is 11.3 Å². The third-order valence-electron chi connectivity index (χ3n) is 3.28. The van der Waals surface area contributed by atoms with Crippen LogP contribution in [0.4, 0.5) is 0 Å². The first-order chi connectivity index (χ1) is 9.70. The molecule has 0 fully saturated rings. The minimum Gasteiger partial charge on any atom is -0.478 e. The fourth-order valence-corrected chi connectivity index (χ4v) is 3.12. The molecule has 2 heterocycles. The Bertz CT molecular complexity index is 749. The number of thiazole rings is 1. The van der Waals surface area contributed by atoms with Crippen molar-refractivity contribution in [2.75, 3.05) is 0 Å². The zero-order chi connectivity index (χ0) is 14.1. The van der Waals surface area contributed by atoms with Crippen molar-refractivity contribution >= 4 is 28.3 Å². The number of aromatic nitrogens is 3. The van der Waals surface area contributed by atoms with E-state index in [2.05, 4.69) is 21.5 Å². The quantitative estimate of drug-likeness (QED) is 0.800. The monoisotopic (exact) mass is 287 g/mol. The highest BCUT2D eigenvalue weighted by Gasteiger charge is 2.17. The molecule has 0 aliphatic carbocycles. The van der Waals surface area contributed by atoms with E-state index in [1.807, 2.05) is 11.4 Å². The van der Waals surface area contributed by atoms with E-state index in [1.165, 1.54) is 0 Å². The van der Waals surface area contributed by atoms with Gasteiger partial charge in [0, 0.05) is 11.6 Å². The van der Waals surface area contributed by atoms with E-state index in [0.29, 0.717) is 5.52 Å². The number of carboxylic acid groups (broad SMARTS) is 1. The molecule has 0 radical (unpaired) electrons. The summed E-state index contributed by atoms with van der Waals surface area (Å²) in [6.45, 7) is 2.10. The maximum Gasteiger partial charge on any atom is 0.335 e. The summed E-state index contributed by atoms with van der Waals surface area (Å²) >= 11 is 1.62. The zero-order valence-electron chi connectivity index (χ0n) is 10.9. The molecule has 0 spiro atoms. The van der Waals surface area contributed by atoms with E-state index in [9.17, 15) is 4.79 Å². The summed E-state index contributed by atoms with van der Waals surface area (Å²) in [6, 6.07) is 5.15. The van der Waals surface area contributed by atoms with Crippen LogP contribution in [-0.2, 0) is 0 Å². The molecule has 0 bridgehead atoms. The molecule has 6 heteroatoms. The number of fused-ring (bicyclic) bond motifs is 1. The van der Waals surface area contributed by atoms with Crippen LogP contribution in [0.3, 0.4) is 0 Å². The second-order valence-electron chi connectivity index (χ2n) is 4.45. The number of benzene rings is 1. The first kappa shape index (κ1) is 12.8. The average Bonchev–Trinajstić information content (AvgIpc) is 3.09. The molecule has 0 aliphatic heterocycles. The van der Waals surface area contributed by atoms with Gasteiger partial charge in [-0.3, -0.25) is 0 Å². The highest BCUT2D eigenvalue weighted by molar-refractivity contribution is 7.09. The molecule has 0 aliphatic rings. The standard InChI is InChI=1S/C14H13N3O2S/c1-2-11(13-15-5-6-20-13)17-8-16-10-7-9(14(18)19)3-4-12(10)17/h3-8,11H,2H2,1H3,(H,18,19). The molecule has 1 unspecified atom stereocenters. The Morgan fingerprint density at radius 1 is 1.45 bits per heavy atom. The van der Waals surface area contributed by atoms with Gasteiger partial charge in [0.25, 0.3) is 0 Å². The average molecular weight is 287 g/mol. The van der Waals surface area contributed by atoms with E-state index in [1.54, 1.807) is 36.0 Å². The summed E-state index contributed by atoms with van der Waals surface area (Å²) in [5, 5.41) is 12.0. The number of hydrogen-bond donors (Lipinski definition) is 1. The van der Waals surface area contributed by atoms with E-state index >= 15 is 0 Å². The Balaban J connectivity index is 2.10.